The molecular weight excluding hydrogens is 176 g/mol. The van der Waals surface area contributed by atoms with Gasteiger partial charge in [0.15, 0.2) is 5.78 Å². The number of hydrogen-bond donors (Lipinski definition) is 0. The summed E-state index contributed by atoms with van der Waals surface area (Å²) >= 11 is 0. The average Bonchev–Trinajstić information content (AvgIpc) is 2.64. The summed E-state index contributed by atoms with van der Waals surface area (Å²) in [6.07, 6.45) is 8.27. The van der Waals surface area contributed by atoms with E-state index in [1.807, 2.05) is 12.1 Å². The molecule has 0 N–H and O–H groups in total. The van der Waals surface area contributed by atoms with Gasteiger partial charge >= 0.3 is 0 Å². The smallest absolute Gasteiger partial charge is 0.180 e. The summed E-state index contributed by atoms with van der Waals surface area (Å²) in [5, 5.41) is 0. The van der Waals surface area contributed by atoms with Crippen molar-refractivity contribution in [2.45, 2.75) is 6.92 Å². The van der Waals surface area contributed by atoms with Crippen LogP contribution in [0.15, 0.2) is 53.2 Å². The number of furan rings is 1. The summed E-state index contributed by atoms with van der Waals surface area (Å²) in [5.41, 5.74) is 0.535. The number of ketones is 1. The lowest BCUT2D eigenvalue weighted by Crippen LogP contribution is -1.90. The molecule has 1 heterocycles. The lowest BCUT2D eigenvalue weighted by Gasteiger charge is -1.86. The van der Waals surface area contributed by atoms with E-state index in [4.69, 9.17) is 4.42 Å². The zero-order valence-corrected chi connectivity index (χ0v) is 8.07. The van der Waals surface area contributed by atoms with E-state index >= 15 is 0 Å². The minimum Gasteiger partial charge on any atom is -0.465 e. The van der Waals surface area contributed by atoms with E-state index in [-0.39, 0.29) is 5.78 Å². The number of carbonyl (C=O) groups is 1. The largest absolute Gasteiger partial charge is 0.465 e. The second-order valence-corrected chi connectivity index (χ2v) is 2.88. The second kappa shape index (κ2) is 5.02. The molecule has 0 radical (unpaired) electrons. The van der Waals surface area contributed by atoms with Gasteiger partial charge in [-0.2, -0.15) is 0 Å². The predicted molar refractivity (Wildman–Crippen MR) is 56.7 cm³/mol. The van der Waals surface area contributed by atoms with Gasteiger partial charge in [-0.05, 0) is 36.8 Å². The molecule has 0 aromatic carbocycles. The number of hydrogen-bond acceptors (Lipinski definition) is 2. The summed E-state index contributed by atoms with van der Waals surface area (Å²) in [4.78, 5) is 11.1. The maximum atomic E-state index is 11.1. The first-order valence-corrected chi connectivity index (χ1v) is 4.28. The molecule has 0 saturated carbocycles. The molecular formula is C12H12O2. The van der Waals surface area contributed by atoms with Gasteiger partial charge in [0.2, 0.25) is 0 Å². The molecule has 0 atom stereocenters. The molecule has 0 saturated heterocycles. The first kappa shape index (κ1) is 10.3. The molecule has 2 heteroatoms. The summed E-state index contributed by atoms with van der Waals surface area (Å²) < 4.78 is 5.06. The van der Waals surface area contributed by atoms with Gasteiger partial charge in [-0.25, -0.2) is 0 Å². The highest BCUT2D eigenvalue weighted by atomic mass is 16.3. The first-order chi connectivity index (χ1) is 6.70. The quantitative estimate of drug-likeness (QED) is 0.537. The third-order valence-electron chi connectivity index (χ3n) is 1.58. The zero-order chi connectivity index (χ0) is 10.4. The highest BCUT2D eigenvalue weighted by molar-refractivity contribution is 6.03. The average molecular weight is 188 g/mol. The monoisotopic (exact) mass is 188 g/mol. The molecule has 0 spiro atoms. The Kier molecular flexibility index (Phi) is 3.68. The highest BCUT2D eigenvalue weighted by Crippen LogP contribution is 2.02. The maximum absolute atomic E-state index is 11.1. The van der Waals surface area contributed by atoms with Crippen molar-refractivity contribution in [2.75, 3.05) is 0 Å². The van der Waals surface area contributed by atoms with Crippen molar-refractivity contribution in [3.8, 4) is 0 Å². The van der Waals surface area contributed by atoms with Gasteiger partial charge in [0.1, 0.15) is 5.76 Å². The van der Waals surface area contributed by atoms with E-state index in [9.17, 15) is 4.79 Å². The van der Waals surface area contributed by atoms with Gasteiger partial charge in [0.05, 0.1) is 6.26 Å². The van der Waals surface area contributed by atoms with Crippen LogP contribution in [0.25, 0.3) is 6.08 Å². The molecule has 1 aromatic heterocycles. The SMILES string of the molecule is C=C(C)C(=O)/C=C/C=C/c1ccco1. The topological polar surface area (TPSA) is 30.2 Å². The van der Waals surface area contributed by atoms with Crippen LogP contribution in [0.1, 0.15) is 12.7 Å². The second-order valence-electron chi connectivity index (χ2n) is 2.88. The fourth-order valence-corrected chi connectivity index (χ4v) is 0.822. The van der Waals surface area contributed by atoms with Gasteiger partial charge < -0.3 is 4.42 Å². The first-order valence-electron chi connectivity index (χ1n) is 4.28. The molecule has 1 rings (SSSR count). The van der Waals surface area contributed by atoms with Crippen molar-refractivity contribution in [1.82, 2.24) is 0 Å². The summed E-state index contributed by atoms with van der Waals surface area (Å²) in [6.45, 7) is 5.22. The van der Waals surface area contributed by atoms with E-state index in [1.165, 1.54) is 6.08 Å². The van der Waals surface area contributed by atoms with Gasteiger partial charge in [0.25, 0.3) is 0 Å². The third kappa shape index (κ3) is 3.27. The molecule has 0 amide bonds. The molecule has 0 aliphatic heterocycles. The highest BCUT2D eigenvalue weighted by Gasteiger charge is 1.92. The third-order valence-corrected chi connectivity index (χ3v) is 1.58. The lowest BCUT2D eigenvalue weighted by molar-refractivity contribution is -0.111. The van der Waals surface area contributed by atoms with Crippen LogP contribution in [0.5, 0.6) is 0 Å². The normalized spacial score (nSPS) is 11.2. The fraction of sp³-hybridized carbons (Fsp3) is 0.0833. The summed E-state index contributed by atoms with van der Waals surface area (Å²) in [6, 6.07) is 3.65. The number of allylic oxidation sites excluding steroid dienone is 4. The van der Waals surface area contributed by atoms with Crippen LogP contribution in [-0.4, -0.2) is 5.78 Å². The molecule has 0 aliphatic carbocycles. The number of rotatable bonds is 4. The lowest BCUT2D eigenvalue weighted by atomic mass is 10.2. The molecule has 72 valence electrons. The van der Waals surface area contributed by atoms with Crippen LogP contribution in [0.2, 0.25) is 0 Å². The van der Waals surface area contributed by atoms with E-state index < -0.39 is 0 Å². The Labute approximate surface area is 83.2 Å². The van der Waals surface area contributed by atoms with E-state index in [2.05, 4.69) is 6.58 Å². The van der Waals surface area contributed by atoms with Crippen LogP contribution in [-0.2, 0) is 4.79 Å². The predicted octanol–water partition coefficient (Wildman–Crippen LogP) is 2.99. The fourth-order valence-electron chi connectivity index (χ4n) is 0.822. The van der Waals surface area contributed by atoms with Crippen LogP contribution in [0.4, 0.5) is 0 Å². The van der Waals surface area contributed by atoms with Crippen LogP contribution in [0, 0.1) is 0 Å². The molecule has 0 fully saturated rings. The van der Waals surface area contributed by atoms with Crippen molar-refractivity contribution in [1.29, 1.82) is 0 Å². The van der Waals surface area contributed by atoms with Gasteiger partial charge in [0, 0.05) is 0 Å². The van der Waals surface area contributed by atoms with Gasteiger partial charge in [-0.3, -0.25) is 4.79 Å². The maximum Gasteiger partial charge on any atom is 0.180 e. The summed E-state index contributed by atoms with van der Waals surface area (Å²) in [5.74, 6) is 0.700. The van der Waals surface area contributed by atoms with Crippen LogP contribution in [0.3, 0.4) is 0 Å². The van der Waals surface area contributed by atoms with Gasteiger partial charge in [-0.1, -0.05) is 18.7 Å². The van der Waals surface area contributed by atoms with Crippen molar-refractivity contribution < 1.29 is 9.21 Å². The Bertz CT molecular complexity index is 367. The molecule has 2 nitrogen and oxygen atoms in total. The van der Waals surface area contributed by atoms with E-state index in [0.29, 0.717) is 5.57 Å². The zero-order valence-electron chi connectivity index (χ0n) is 8.07. The minimum absolute atomic E-state index is 0.0610. The van der Waals surface area contributed by atoms with E-state index in [0.717, 1.165) is 5.76 Å². The van der Waals surface area contributed by atoms with Crippen molar-refractivity contribution in [2.24, 2.45) is 0 Å². The number of carbonyl (C=O) groups excluding carboxylic acids is 1. The Balaban J connectivity index is 2.48. The molecule has 0 unspecified atom stereocenters. The molecule has 0 aliphatic rings. The molecule has 0 bridgehead atoms. The molecule has 14 heavy (non-hydrogen) atoms. The van der Waals surface area contributed by atoms with Crippen molar-refractivity contribution in [3.05, 3.63) is 54.5 Å². The Morgan fingerprint density at radius 2 is 2.29 bits per heavy atom. The minimum atomic E-state index is -0.0610. The van der Waals surface area contributed by atoms with Crippen LogP contribution >= 0.6 is 0 Å². The van der Waals surface area contributed by atoms with Crippen molar-refractivity contribution in [3.63, 3.8) is 0 Å². The Morgan fingerprint density at radius 1 is 1.50 bits per heavy atom. The van der Waals surface area contributed by atoms with Gasteiger partial charge in [-0.15, -0.1) is 0 Å². The van der Waals surface area contributed by atoms with E-state index in [1.54, 1.807) is 31.4 Å². The molecule has 1 aromatic rings. The summed E-state index contributed by atoms with van der Waals surface area (Å²) in [7, 11) is 0. The standard InChI is InChI=1S/C12H12O2/c1-10(2)12(13)8-4-3-6-11-7-5-9-14-11/h3-9H,1H2,2H3/b6-3+,8-4+. The van der Waals surface area contributed by atoms with Crippen molar-refractivity contribution >= 4 is 11.9 Å². The Morgan fingerprint density at radius 3 is 2.86 bits per heavy atom. The van der Waals surface area contributed by atoms with Crippen LogP contribution < -0.4 is 0 Å². The Hall–Kier alpha value is -1.83.